The first kappa shape index (κ1) is 24.3. The minimum Gasteiger partial charge on any atom is -0.495 e. The van der Waals surface area contributed by atoms with Crippen LogP contribution in [0, 0.1) is 0 Å². The largest absolute Gasteiger partial charge is 0.495 e. The summed E-state index contributed by atoms with van der Waals surface area (Å²) in [6.07, 6.45) is 6.98. The number of amides is 1. The quantitative estimate of drug-likeness (QED) is 0.261. The Morgan fingerprint density at radius 2 is 1.38 bits per heavy atom. The van der Waals surface area contributed by atoms with Gasteiger partial charge in [0.1, 0.15) is 5.75 Å². The van der Waals surface area contributed by atoms with E-state index in [-0.39, 0.29) is 5.91 Å². The third-order valence-electron chi connectivity index (χ3n) is 4.97. The standard InChI is InChI=1S/C27H28N2O5/c1-31-23-12-10-19(8-9-20-16-24(32-2)27(34-4)25(17-20)33-3)15-22(23)29-26(30)13-11-18-6-5-7-21(28)14-18/h5-17H,28H2,1-4H3,(H,29,30)/b9-8+,13-11+. The Morgan fingerprint density at radius 1 is 0.735 bits per heavy atom. The molecule has 0 saturated carbocycles. The maximum atomic E-state index is 12.5. The van der Waals surface area contributed by atoms with Gasteiger partial charge in [-0.1, -0.05) is 30.4 Å². The molecule has 0 radical (unpaired) electrons. The molecule has 0 bridgehead atoms. The zero-order chi connectivity index (χ0) is 24.5. The predicted octanol–water partition coefficient (Wildman–Crippen LogP) is 5.13. The second-order valence-electron chi connectivity index (χ2n) is 7.24. The first-order valence-corrected chi connectivity index (χ1v) is 10.5. The van der Waals surface area contributed by atoms with Gasteiger partial charge >= 0.3 is 0 Å². The van der Waals surface area contributed by atoms with Crippen LogP contribution >= 0.6 is 0 Å². The third kappa shape index (κ3) is 6.10. The Balaban J connectivity index is 1.81. The van der Waals surface area contributed by atoms with E-state index in [4.69, 9.17) is 24.7 Å². The van der Waals surface area contributed by atoms with Gasteiger partial charge in [0.2, 0.25) is 11.7 Å². The van der Waals surface area contributed by atoms with Crippen LogP contribution in [0.3, 0.4) is 0 Å². The van der Waals surface area contributed by atoms with Crippen LogP contribution in [-0.4, -0.2) is 34.3 Å². The zero-order valence-corrected chi connectivity index (χ0v) is 19.6. The number of ether oxygens (including phenoxy) is 4. The lowest BCUT2D eigenvalue weighted by molar-refractivity contribution is -0.111. The van der Waals surface area contributed by atoms with Crippen LogP contribution < -0.4 is 30.0 Å². The number of hydrogen-bond acceptors (Lipinski definition) is 6. The van der Waals surface area contributed by atoms with E-state index in [1.807, 2.05) is 48.6 Å². The SMILES string of the molecule is COc1ccc(/C=C/c2cc(OC)c(OC)c(OC)c2)cc1NC(=O)/C=C/c1cccc(N)c1. The molecule has 0 aliphatic rings. The maximum absolute atomic E-state index is 12.5. The third-order valence-corrected chi connectivity index (χ3v) is 4.97. The van der Waals surface area contributed by atoms with Crippen LogP contribution in [0.1, 0.15) is 16.7 Å². The van der Waals surface area contributed by atoms with E-state index in [0.717, 1.165) is 16.7 Å². The minimum atomic E-state index is -0.286. The topological polar surface area (TPSA) is 92.0 Å². The molecule has 0 saturated heterocycles. The lowest BCUT2D eigenvalue weighted by Crippen LogP contribution is -2.09. The van der Waals surface area contributed by atoms with Gasteiger partial charge in [0.05, 0.1) is 34.1 Å². The van der Waals surface area contributed by atoms with Crippen LogP contribution in [0.25, 0.3) is 18.2 Å². The van der Waals surface area contributed by atoms with E-state index in [1.165, 1.54) is 6.08 Å². The average Bonchev–Trinajstić information content (AvgIpc) is 2.85. The molecule has 176 valence electrons. The molecule has 0 aromatic heterocycles. The van der Waals surface area contributed by atoms with Crippen molar-refractivity contribution in [1.29, 1.82) is 0 Å². The van der Waals surface area contributed by atoms with Crippen molar-refractivity contribution in [3.8, 4) is 23.0 Å². The molecule has 3 N–H and O–H groups in total. The highest BCUT2D eigenvalue weighted by Gasteiger charge is 2.12. The fraction of sp³-hybridized carbons (Fsp3) is 0.148. The summed E-state index contributed by atoms with van der Waals surface area (Å²) in [7, 11) is 6.27. The molecule has 34 heavy (non-hydrogen) atoms. The number of nitrogens with one attached hydrogen (secondary N) is 1. The number of carbonyl (C=O) groups is 1. The number of rotatable bonds is 9. The summed E-state index contributed by atoms with van der Waals surface area (Å²) in [4.78, 5) is 12.5. The monoisotopic (exact) mass is 460 g/mol. The van der Waals surface area contributed by atoms with Crippen LogP contribution in [0.15, 0.2) is 60.7 Å². The summed E-state index contributed by atoms with van der Waals surface area (Å²) < 4.78 is 21.6. The summed E-state index contributed by atoms with van der Waals surface area (Å²) in [5.74, 6) is 1.93. The Labute approximate surface area is 199 Å². The Morgan fingerprint density at radius 3 is 2.00 bits per heavy atom. The van der Waals surface area contributed by atoms with E-state index in [9.17, 15) is 4.79 Å². The van der Waals surface area contributed by atoms with Crippen molar-refractivity contribution >= 4 is 35.5 Å². The van der Waals surface area contributed by atoms with Gasteiger partial charge in [-0.3, -0.25) is 4.79 Å². The first-order chi connectivity index (χ1) is 16.5. The highest BCUT2D eigenvalue weighted by molar-refractivity contribution is 6.03. The molecule has 0 heterocycles. The van der Waals surface area contributed by atoms with E-state index >= 15 is 0 Å². The molecular weight excluding hydrogens is 432 g/mol. The second kappa shape index (κ2) is 11.5. The molecule has 7 heteroatoms. The van der Waals surface area contributed by atoms with Crippen LogP contribution in [0.5, 0.6) is 23.0 Å². The Bertz CT molecular complexity index is 1190. The fourth-order valence-electron chi connectivity index (χ4n) is 3.33. The number of nitrogen functional groups attached to an aromatic ring is 1. The van der Waals surface area contributed by atoms with Gasteiger partial charge in [-0.05, 0) is 59.2 Å². The Kier molecular flexibility index (Phi) is 8.18. The first-order valence-electron chi connectivity index (χ1n) is 10.5. The van der Waals surface area contributed by atoms with E-state index < -0.39 is 0 Å². The number of carbonyl (C=O) groups excluding carboxylic acids is 1. The molecule has 0 spiro atoms. The lowest BCUT2D eigenvalue weighted by atomic mass is 10.1. The molecule has 0 atom stereocenters. The molecular formula is C27H28N2O5. The highest BCUT2D eigenvalue weighted by Crippen LogP contribution is 2.38. The number of nitrogens with two attached hydrogens (primary N) is 1. The summed E-state index contributed by atoms with van der Waals surface area (Å²) in [6, 6.07) is 16.5. The van der Waals surface area contributed by atoms with Gasteiger partial charge in [-0.2, -0.15) is 0 Å². The van der Waals surface area contributed by atoms with Crippen molar-refractivity contribution in [2.75, 3.05) is 39.5 Å². The normalized spacial score (nSPS) is 10.9. The van der Waals surface area contributed by atoms with Crippen molar-refractivity contribution in [3.05, 3.63) is 77.4 Å². The average molecular weight is 461 g/mol. The zero-order valence-electron chi connectivity index (χ0n) is 19.6. The summed E-state index contributed by atoms with van der Waals surface area (Å²) >= 11 is 0. The van der Waals surface area contributed by atoms with E-state index in [0.29, 0.717) is 34.4 Å². The van der Waals surface area contributed by atoms with E-state index in [1.54, 1.807) is 52.7 Å². The molecule has 3 aromatic rings. The van der Waals surface area contributed by atoms with Gasteiger partial charge in [0.25, 0.3) is 0 Å². The molecule has 0 fully saturated rings. The molecule has 3 rings (SSSR count). The van der Waals surface area contributed by atoms with Crippen molar-refractivity contribution in [1.82, 2.24) is 0 Å². The number of benzene rings is 3. The number of methoxy groups -OCH3 is 4. The van der Waals surface area contributed by atoms with Crippen molar-refractivity contribution in [2.45, 2.75) is 0 Å². The molecule has 0 aliphatic carbocycles. The maximum Gasteiger partial charge on any atom is 0.248 e. The smallest absolute Gasteiger partial charge is 0.248 e. The fourth-order valence-corrected chi connectivity index (χ4v) is 3.33. The minimum absolute atomic E-state index is 0.286. The van der Waals surface area contributed by atoms with Crippen molar-refractivity contribution in [2.24, 2.45) is 0 Å². The molecule has 3 aromatic carbocycles. The van der Waals surface area contributed by atoms with Gasteiger partial charge < -0.3 is 30.0 Å². The van der Waals surface area contributed by atoms with Crippen LogP contribution in [0.4, 0.5) is 11.4 Å². The highest BCUT2D eigenvalue weighted by atomic mass is 16.5. The molecule has 0 aliphatic heterocycles. The summed E-state index contributed by atoms with van der Waals surface area (Å²) in [6.45, 7) is 0. The van der Waals surface area contributed by atoms with Gasteiger partial charge in [-0.15, -0.1) is 0 Å². The van der Waals surface area contributed by atoms with Crippen LogP contribution in [0.2, 0.25) is 0 Å². The second-order valence-corrected chi connectivity index (χ2v) is 7.24. The molecule has 0 unspecified atom stereocenters. The van der Waals surface area contributed by atoms with Crippen molar-refractivity contribution in [3.63, 3.8) is 0 Å². The summed E-state index contributed by atoms with van der Waals surface area (Å²) in [5.41, 5.74) is 9.53. The van der Waals surface area contributed by atoms with Gasteiger partial charge in [-0.25, -0.2) is 0 Å². The van der Waals surface area contributed by atoms with Gasteiger partial charge in [0, 0.05) is 11.8 Å². The van der Waals surface area contributed by atoms with Crippen LogP contribution in [-0.2, 0) is 4.79 Å². The number of hydrogen-bond donors (Lipinski definition) is 2. The van der Waals surface area contributed by atoms with Crippen molar-refractivity contribution < 1.29 is 23.7 Å². The van der Waals surface area contributed by atoms with E-state index in [2.05, 4.69) is 5.32 Å². The predicted molar refractivity (Wildman–Crippen MR) is 137 cm³/mol. The Hall–Kier alpha value is -4.39. The molecule has 1 amide bonds. The lowest BCUT2D eigenvalue weighted by Gasteiger charge is -2.13. The summed E-state index contributed by atoms with van der Waals surface area (Å²) in [5, 5.41) is 2.86. The number of anilines is 2. The van der Waals surface area contributed by atoms with Gasteiger partial charge in [0.15, 0.2) is 11.5 Å². The molecule has 7 nitrogen and oxygen atoms in total.